The molecular weight excluding hydrogens is 193 g/mol. The molecule has 0 heterocycles. The summed E-state index contributed by atoms with van der Waals surface area (Å²) in [6.45, 7) is 0. The first-order valence-electron chi connectivity index (χ1n) is 0. The van der Waals surface area contributed by atoms with Crippen LogP contribution in [-0.4, -0.2) is 56.6 Å². The summed E-state index contributed by atoms with van der Waals surface area (Å²) < 4.78 is 0. The van der Waals surface area contributed by atoms with Crippen molar-refractivity contribution in [2.24, 2.45) is 0 Å². The minimum absolute atomic E-state index is 0. The van der Waals surface area contributed by atoms with Crippen LogP contribution >= 0.6 is 0 Å². The van der Waals surface area contributed by atoms with Crippen molar-refractivity contribution in [1.29, 1.82) is 0 Å². The van der Waals surface area contributed by atoms with E-state index in [2.05, 4.69) is 0 Å². The van der Waals surface area contributed by atoms with Gasteiger partial charge in [-0.25, -0.2) is 0 Å². The Bertz CT molecular complexity index is 10.8. The molecule has 0 unspecified atom stereocenters. The summed E-state index contributed by atoms with van der Waals surface area (Å²) in [6, 6.07) is 0. The maximum absolute atomic E-state index is 0. The molecule has 0 fully saturated rings. The van der Waals surface area contributed by atoms with Crippen molar-refractivity contribution in [1.82, 2.24) is 0 Å². The summed E-state index contributed by atoms with van der Waals surface area (Å²) in [7, 11) is 0. The quantitative estimate of drug-likeness (QED) is 0.426. The summed E-state index contributed by atoms with van der Waals surface area (Å²) in [5, 5.41) is 0. The van der Waals surface area contributed by atoms with E-state index >= 15 is 0 Å². The molecule has 0 bridgehead atoms. The van der Waals surface area contributed by atoms with E-state index in [1.54, 1.807) is 0 Å². The zero-order valence-electron chi connectivity index (χ0n) is 4.03. The molecule has 6 heteroatoms. The zero-order chi connectivity index (χ0) is 0. The van der Waals surface area contributed by atoms with Gasteiger partial charge in [0.15, 0.2) is 0 Å². The summed E-state index contributed by atoms with van der Waals surface area (Å²) in [6.07, 6.45) is 0. The molecule has 0 nitrogen and oxygen atoms in total. The van der Waals surface area contributed by atoms with Gasteiger partial charge in [-0.2, -0.15) is 0 Å². The van der Waals surface area contributed by atoms with Crippen LogP contribution in [0.15, 0.2) is 0 Å². The van der Waals surface area contributed by atoms with Crippen LogP contribution in [0.2, 0.25) is 0 Å². The largest absolute Gasteiger partial charge is 0 e. The Labute approximate surface area is 105 Å². The van der Waals surface area contributed by atoms with Crippen LogP contribution in [0.5, 0.6) is 0 Å². The Kier molecular flexibility index (Phi) is 396. The Balaban J connectivity index is 0. The van der Waals surface area contributed by atoms with Crippen molar-refractivity contribution in [2.75, 3.05) is 0 Å². The molecule has 0 saturated heterocycles. The van der Waals surface area contributed by atoms with Crippen molar-refractivity contribution in [3.63, 3.8) is 0 Å². The molecule has 29 valence electrons. The first-order valence-corrected chi connectivity index (χ1v) is 0. The first-order chi connectivity index (χ1) is 0. The molecule has 0 amide bonds. The van der Waals surface area contributed by atoms with Crippen molar-refractivity contribution in [2.45, 2.75) is 0 Å². The maximum Gasteiger partial charge on any atom is 0 e. The molecule has 0 saturated carbocycles. The Morgan fingerprint density at radius 2 is 0.667 bits per heavy atom. The third-order valence-corrected chi connectivity index (χ3v) is 0. The predicted octanol–water partition coefficient (Wildman–Crippen LogP) is -1.15. The van der Waals surface area contributed by atoms with Crippen LogP contribution in [-0.2, 0) is 50.3 Å². The van der Waals surface area contributed by atoms with Crippen molar-refractivity contribution in [3.8, 4) is 0 Å². The molecular formula is CoLi3MnNi. The molecule has 0 aliphatic heterocycles. The number of hydrogen-bond donors (Lipinski definition) is 0. The predicted molar refractivity (Wildman–Crippen MR) is 17.3 cm³/mol. The summed E-state index contributed by atoms with van der Waals surface area (Å²) in [5.74, 6) is 0. The molecule has 0 spiro atoms. The molecule has 5 radical (unpaired) electrons. The van der Waals surface area contributed by atoms with Crippen molar-refractivity contribution < 1.29 is 50.3 Å². The van der Waals surface area contributed by atoms with E-state index in [0.29, 0.717) is 0 Å². The van der Waals surface area contributed by atoms with E-state index < -0.39 is 0 Å². The van der Waals surface area contributed by atoms with Gasteiger partial charge in [-0.1, -0.05) is 0 Å². The fraction of sp³-hybridized carbons (Fsp3) is 0. The third kappa shape index (κ3) is 26.6. The van der Waals surface area contributed by atoms with Crippen LogP contribution in [0, 0.1) is 0 Å². The van der Waals surface area contributed by atoms with Crippen molar-refractivity contribution >= 4 is 56.6 Å². The smallest absolute Gasteiger partial charge is 0 e. The van der Waals surface area contributed by atoms with Crippen LogP contribution < -0.4 is 0 Å². The minimum atomic E-state index is 0. The molecule has 0 rings (SSSR count). The Morgan fingerprint density at radius 1 is 0.667 bits per heavy atom. The van der Waals surface area contributed by atoms with Gasteiger partial charge in [0.25, 0.3) is 0 Å². The fourth-order valence-corrected chi connectivity index (χ4v) is 0. The normalized spacial score (nSPS) is 0. The third-order valence-electron chi connectivity index (χ3n) is 0. The number of rotatable bonds is 0. The zero-order valence-corrected chi connectivity index (χ0v) is 7.24. The SMILES string of the molecule is [Co].[Li].[Li].[Li].[Mn].[Ni]. The van der Waals surface area contributed by atoms with E-state index in [9.17, 15) is 0 Å². The average Bonchev–Trinajstić information content (AvgIpc) is 0. The minimum Gasteiger partial charge on any atom is 0 e. The van der Waals surface area contributed by atoms with Gasteiger partial charge in [0.2, 0.25) is 0 Å². The maximum atomic E-state index is 0. The van der Waals surface area contributed by atoms with Gasteiger partial charge in [-0.15, -0.1) is 0 Å². The van der Waals surface area contributed by atoms with Crippen molar-refractivity contribution in [3.05, 3.63) is 0 Å². The molecule has 6 heavy (non-hydrogen) atoms. The summed E-state index contributed by atoms with van der Waals surface area (Å²) in [4.78, 5) is 0. The van der Waals surface area contributed by atoms with Crippen LogP contribution in [0.3, 0.4) is 0 Å². The molecule has 0 aliphatic rings. The van der Waals surface area contributed by atoms with E-state index in [-0.39, 0.29) is 107 Å². The number of hydrogen-bond acceptors (Lipinski definition) is 0. The van der Waals surface area contributed by atoms with Gasteiger partial charge >= 0.3 is 0 Å². The molecule has 0 aromatic carbocycles. The van der Waals surface area contributed by atoms with Crippen LogP contribution in [0.1, 0.15) is 0 Å². The van der Waals surface area contributed by atoms with Gasteiger partial charge in [0.1, 0.15) is 0 Å². The van der Waals surface area contributed by atoms with E-state index in [4.69, 9.17) is 0 Å². The average molecular weight is 193 g/mol. The standard InChI is InChI=1S/Co.3Li.Mn.Ni. The monoisotopic (exact) mass is 193 g/mol. The van der Waals surface area contributed by atoms with E-state index in [1.807, 2.05) is 0 Å². The van der Waals surface area contributed by atoms with Gasteiger partial charge < -0.3 is 0 Å². The fourth-order valence-electron chi connectivity index (χ4n) is 0. The molecule has 0 aromatic rings. The molecule has 0 atom stereocenters. The topological polar surface area (TPSA) is 0 Å². The Hall–Kier alpha value is 3.31. The molecule has 0 N–H and O–H groups in total. The molecule has 0 aromatic heterocycles. The second-order valence-corrected chi connectivity index (χ2v) is 0. The van der Waals surface area contributed by atoms with Gasteiger partial charge in [0.05, 0.1) is 0 Å². The van der Waals surface area contributed by atoms with Crippen LogP contribution in [0.25, 0.3) is 0 Å². The van der Waals surface area contributed by atoms with E-state index in [0.717, 1.165) is 0 Å². The summed E-state index contributed by atoms with van der Waals surface area (Å²) in [5.41, 5.74) is 0. The van der Waals surface area contributed by atoms with Gasteiger partial charge in [-0.05, 0) is 0 Å². The molecule has 0 aliphatic carbocycles. The Morgan fingerprint density at radius 3 is 0.667 bits per heavy atom. The van der Waals surface area contributed by atoms with E-state index in [1.165, 1.54) is 0 Å². The first kappa shape index (κ1) is 58.7. The van der Waals surface area contributed by atoms with Crippen LogP contribution in [0.4, 0.5) is 0 Å². The van der Waals surface area contributed by atoms with Gasteiger partial charge in [0, 0.05) is 107 Å². The second-order valence-electron chi connectivity index (χ2n) is 0. The van der Waals surface area contributed by atoms with Gasteiger partial charge in [-0.3, -0.25) is 0 Å². The second kappa shape index (κ2) is 40.5. The summed E-state index contributed by atoms with van der Waals surface area (Å²) >= 11 is 0.